The molecule has 5 heteroatoms. The van der Waals surface area contributed by atoms with Gasteiger partial charge < -0.3 is 9.64 Å². The highest BCUT2D eigenvalue weighted by atomic mass is 32.2. The first-order chi connectivity index (χ1) is 22.6. The fourth-order valence-electron chi connectivity index (χ4n) is 8.03. The smallest absolute Gasteiger partial charge is 0.174 e. The molecule has 0 amide bonds. The first-order valence-electron chi connectivity index (χ1n) is 15.7. The Kier molecular flexibility index (Phi) is 5.17. The highest BCUT2D eigenvalue weighted by Crippen LogP contribution is 2.63. The van der Waals surface area contributed by atoms with Crippen molar-refractivity contribution in [1.29, 1.82) is 0 Å². The van der Waals surface area contributed by atoms with E-state index in [1.807, 2.05) is 11.8 Å². The van der Waals surface area contributed by atoms with Gasteiger partial charge in [-0.3, -0.25) is 4.57 Å². The summed E-state index contributed by atoms with van der Waals surface area (Å²) in [6, 6.07) is 50.3. The lowest BCUT2D eigenvalue weighted by Crippen LogP contribution is -2.39. The van der Waals surface area contributed by atoms with Crippen LogP contribution in [0.3, 0.4) is 0 Å². The van der Waals surface area contributed by atoms with Gasteiger partial charge in [-0.15, -0.1) is 0 Å². The topological polar surface area (TPSA) is 30.3 Å². The molecule has 220 valence electrons. The van der Waals surface area contributed by atoms with Crippen LogP contribution in [0.15, 0.2) is 145 Å². The molecule has 6 aromatic carbocycles. The minimum absolute atomic E-state index is 0.169. The van der Waals surface area contributed by atoms with Crippen LogP contribution in [0.25, 0.3) is 16.7 Å². The highest BCUT2D eigenvalue weighted by Gasteiger charge is 2.51. The summed E-state index contributed by atoms with van der Waals surface area (Å²) < 4.78 is 8.72. The van der Waals surface area contributed by atoms with Crippen molar-refractivity contribution in [3.63, 3.8) is 0 Å². The van der Waals surface area contributed by atoms with Crippen molar-refractivity contribution in [1.82, 2.24) is 9.55 Å². The molecule has 0 saturated heterocycles. The van der Waals surface area contributed by atoms with E-state index in [0.717, 1.165) is 44.5 Å². The van der Waals surface area contributed by atoms with Crippen molar-refractivity contribution in [3.8, 4) is 17.2 Å². The van der Waals surface area contributed by atoms with Gasteiger partial charge in [-0.25, -0.2) is 4.98 Å². The van der Waals surface area contributed by atoms with Crippen molar-refractivity contribution in [2.45, 2.75) is 29.2 Å². The molecule has 46 heavy (non-hydrogen) atoms. The Bertz CT molecular complexity index is 2290. The average molecular weight is 612 g/mol. The maximum absolute atomic E-state index is 6.56. The predicted molar refractivity (Wildman–Crippen MR) is 187 cm³/mol. The SMILES string of the molecule is CC1(C)Sc2nc3ccccc3n2-c2ccc(N3c4ccccc4C4(c5ccccc5Oc5ccccc54)c4ccccc43)cc21. The summed E-state index contributed by atoms with van der Waals surface area (Å²) in [5, 5.41) is 1.04. The van der Waals surface area contributed by atoms with E-state index in [4.69, 9.17) is 9.72 Å². The van der Waals surface area contributed by atoms with E-state index in [1.165, 1.54) is 33.8 Å². The molecule has 3 aliphatic rings. The molecule has 0 atom stereocenters. The molecule has 0 N–H and O–H groups in total. The predicted octanol–water partition coefficient (Wildman–Crippen LogP) is 10.6. The second-order valence-corrected chi connectivity index (χ2v) is 14.3. The van der Waals surface area contributed by atoms with E-state index < -0.39 is 5.41 Å². The number of thioether (sulfide) groups is 1. The molecule has 0 fully saturated rings. The third kappa shape index (κ3) is 3.28. The van der Waals surface area contributed by atoms with Gasteiger partial charge in [0.1, 0.15) is 11.5 Å². The summed E-state index contributed by atoms with van der Waals surface area (Å²) in [5.74, 6) is 1.80. The van der Waals surface area contributed by atoms with Crippen LogP contribution in [0.1, 0.15) is 41.7 Å². The Hall–Kier alpha value is -5.26. The van der Waals surface area contributed by atoms with E-state index in [-0.39, 0.29) is 4.75 Å². The van der Waals surface area contributed by atoms with E-state index in [9.17, 15) is 0 Å². The average Bonchev–Trinajstić information content (AvgIpc) is 3.45. The molecule has 0 radical (unpaired) electrons. The van der Waals surface area contributed by atoms with Crippen LogP contribution in [0.4, 0.5) is 17.1 Å². The molecule has 7 aromatic rings. The molecule has 0 aliphatic carbocycles. The third-order valence-corrected chi connectivity index (χ3v) is 11.1. The monoisotopic (exact) mass is 611 g/mol. The lowest BCUT2D eigenvalue weighted by atomic mass is 9.61. The first-order valence-corrected chi connectivity index (χ1v) is 16.5. The van der Waals surface area contributed by atoms with Gasteiger partial charge in [0.2, 0.25) is 0 Å². The number of para-hydroxylation sites is 6. The molecule has 4 nitrogen and oxygen atoms in total. The zero-order chi connectivity index (χ0) is 30.6. The first kappa shape index (κ1) is 26.0. The zero-order valence-electron chi connectivity index (χ0n) is 25.4. The van der Waals surface area contributed by atoms with Crippen LogP contribution in [0.2, 0.25) is 0 Å². The number of nitrogens with zero attached hydrogens (tertiary/aromatic N) is 3. The Morgan fingerprint density at radius 2 is 1.13 bits per heavy atom. The second kappa shape index (κ2) is 9.15. The van der Waals surface area contributed by atoms with Gasteiger partial charge in [0.05, 0.1) is 33.5 Å². The molecule has 0 bridgehead atoms. The quantitative estimate of drug-likeness (QED) is 0.185. The minimum Gasteiger partial charge on any atom is -0.457 e. The normalized spacial score (nSPS) is 16.0. The van der Waals surface area contributed by atoms with Gasteiger partial charge in [0.25, 0.3) is 0 Å². The van der Waals surface area contributed by atoms with Crippen LogP contribution in [0.5, 0.6) is 11.5 Å². The van der Waals surface area contributed by atoms with E-state index in [1.54, 1.807) is 0 Å². The molecule has 1 spiro atoms. The van der Waals surface area contributed by atoms with Gasteiger partial charge in [-0.2, -0.15) is 0 Å². The third-order valence-electron chi connectivity index (χ3n) is 9.90. The maximum atomic E-state index is 6.56. The van der Waals surface area contributed by atoms with Crippen LogP contribution < -0.4 is 9.64 Å². The van der Waals surface area contributed by atoms with Gasteiger partial charge in [-0.05, 0) is 85.1 Å². The largest absolute Gasteiger partial charge is 0.457 e. The molecular formula is C41H29N3OS. The number of imidazole rings is 1. The van der Waals surface area contributed by atoms with Gasteiger partial charge >= 0.3 is 0 Å². The highest BCUT2D eigenvalue weighted by molar-refractivity contribution is 8.00. The van der Waals surface area contributed by atoms with Gasteiger partial charge in [0, 0.05) is 21.6 Å². The van der Waals surface area contributed by atoms with E-state index in [2.05, 4.69) is 163 Å². The Balaban J connectivity index is 1.25. The van der Waals surface area contributed by atoms with Crippen LogP contribution >= 0.6 is 11.8 Å². The van der Waals surface area contributed by atoms with Crippen LogP contribution in [-0.4, -0.2) is 9.55 Å². The Morgan fingerprint density at radius 3 is 1.80 bits per heavy atom. The summed E-state index contributed by atoms with van der Waals surface area (Å²) in [7, 11) is 0. The number of rotatable bonds is 1. The summed E-state index contributed by atoms with van der Waals surface area (Å²) in [6.07, 6.45) is 0. The lowest BCUT2D eigenvalue weighted by molar-refractivity contribution is 0.434. The Labute approximate surface area is 271 Å². The number of benzene rings is 6. The zero-order valence-corrected chi connectivity index (χ0v) is 26.3. The standard InChI is InChI=1S/C41H29N3OS/c1-40(2)31-25-26(23-24-35(31)44-36-20-10-7-17-32(36)42-39(44)46-40)43-33-18-8-3-13-27(33)41(28-14-4-9-19-34(28)43)29-15-5-11-21-37(29)45-38-22-12-6-16-30(38)41/h3-25H,1-2H3. The molecule has 0 unspecified atom stereocenters. The molecule has 3 aliphatic heterocycles. The van der Waals surface area contributed by atoms with Gasteiger partial charge in [-0.1, -0.05) is 96.7 Å². The van der Waals surface area contributed by atoms with Crippen molar-refractivity contribution >= 4 is 39.9 Å². The number of hydrogen-bond donors (Lipinski definition) is 0. The molecular weight excluding hydrogens is 583 g/mol. The van der Waals surface area contributed by atoms with Crippen LogP contribution in [-0.2, 0) is 10.2 Å². The summed E-state index contributed by atoms with van der Waals surface area (Å²) in [6.45, 7) is 4.62. The minimum atomic E-state index is -0.539. The van der Waals surface area contributed by atoms with Crippen molar-refractivity contribution in [3.05, 3.63) is 167 Å². The summed E-state index contributed by atoms with van der Waals surface area (Å²) in [4.78, 5) is 7.47. The fraction of sp³-hybridized carbons (Fsp3) is 0.0976. The van der Waals surface area contributed by atoms with E-state index in [0.29, 0.717) is 0 Å². The van der Waals surface area contributed by atoms with Crippen LogP contribution in [0, 0.1) is 0 Å². The second-order valence-electron chi connectivity index (χ2n) is 12.7. The van der Waals surface area contributed by atoms with E-state index >= 15 is 0 Å². The number of fused-ring (bicyclic) bond motifs is 13. The summed E-state index contributed by atoms with van der Waals surface area (Å²) >= 11 is 1.83. The fourth-order valence-corrected chi connectivity index (χ4v) is 9.19. The summed E-state index contributed by atoms with van der Waals surface area (Å²) in [5.41, 5.74) is 12.4. The number of aromatic nitrogens is 2. The van der Waals surface area contributed by atoms with Crippen molar-refractivity contribution in [2.24, 2.45) is 0 Å². The maximum Gasteiger partial charge on any atom is 0.174 e. The van der Waals surface area contributed by atoms with Crippen molar-refractivity contribution < 1.29 is 4.74 Å². The Morgan fingerprint density at radius 1 is 0.565 bits per heavy atom. The lowest BCUT2D eigenvalue weighted by Gasteiger charge is -2.48. The van der Waals surface area contributed by atoms with Gasteiger partial charge in [0.15, 0.2) is 5.16 Å². The number of hydrogen-bond acceptors (Lipinski definition) is 4. The molecule has 1 aromatic heterocycles. The molecule has 10 rings (SSSR count). The molecule has 4 heterocycles. The van der Waals surface area contributed by atoms with Crippen molar-refractivity contribution in [2.75, 3.05) is 4.90 Å². The number of ether oxygens (including phenoxy) is 1. The molecule has 0 saturated carbocycles. The number of anilines is 3.